The summed E-state index contributed by atoms with van der Waals surface area (Å²) in [5, 5.41) is 23.7. The number of carbonyl (C=O) groups excluding carboxylic acids is 1. The number of carbonyl (C=O) groups is 2. The Morgan fingerprint density at radius 2 is 1.86 bits per heavy atom. The lowest BCUT2D eigenvalue weighted by Gasteiger charge is -2.36. The van der Waals surface area contributed by atoms with Crippen molar-refractivity contribution >= 4 is 23.2 Å². The first kappa shape index (κ1) is 29.8. The number of thiophene rings is 1. The van der Waals surface area contributed by atoms with Crippen LogP contribution in [-0.2, 0) is 17.6 Å². The van der Waals surface area contributed by atoms with Crippen LogP contribution < -0.4 is 4.74 Å². The third-order valence-electron chi connectivity index (χ3n) is 7.91. The number of aliphatic hydroxyl groups excluding tert-OH is 1. The number of rotatable bonds is 8. The average molecular weight is 627 g/mol. The van der Waals surface area contributed by atoms with Crippen LogP contribution in [0.4, 0.5) is 13.2 Å². The van der Waals surface area contributed by atoms with Gasteiger partial charge >= 0.3 is 12.1 Å². The molecule has 44 heavy (non-hydrogen) atoms. The number of likely N-dealkylation sites (tertiary alicyclic amines) is 1. The van der Waals surface area contributed by atoms with Crippen molar-refractivity contribution in [3.63, 3.8) is 0 Å². The monoisotopic (exact) mass is 626 g/mol. The molecule has 1 aliphatic heterocycles. The van der Waals surface area contributed by atoms with Gasteiger partial charge in [-0.05, 0) is 62.1 Å². The highest BCUT2D eigenvalue weighted by Gasteiger charge is 2.41. The van der Waals surface area contributed by atoms with Crippen molar-refractivity contribution in [2.45, 2.75) is 51.0 Å². The molecular formula is C31H29F3N4O5S. The Balaban J connectivity index is 1.16. The van der Waals surface area contributed by atoms with Crippen LogP contribution in [0.15, 0.2) is 54.7 Å². The fourth-order valence-electron chi connectivity index (χ4n) is 5.59. The number of carboxylic acid groups (broad SMARTS) is 1. The Labute approximate surface area is 254 Å². The highest BCUT2D eigenvalue weighted by molar-refractivity contribution is 7.15. The third kappa shape index (κ3) is 6.06. The third-order valence-corrected chi connectivity index (χ3v) is 9.02. The minimum atomic E-state index is -4.96. The first-order chi connectivity index (χ1) is 21.0. The summed E-state index contributed by atoms with van der Waals surface area (Å²) in [6.07, 6.45) is -2.36. The summed E-state index contributed by atoms with van der Waals surface area (Å²) in [6, 6.07) is 14.0. The van der Waals surface area contributed by atoms with Crippen molar-refractivity contribution in [2.24, 2.45) is 5.92 Å². The van der Waals surface area contributed by atoms with Gasteiger partial charge < -0.3 is 19.8 Å². The van der Waals surface area contributed by atoms with Gasteiger partial charge in [0.1, 0.15) is 17.9 Å². The summed E-state index contributed by atoms with van der Waals surface area (Å²) in [5.74, 6) is -1.09. The number of aromatic carboxylic acids is 1. The summed E-state index contributed by atoms with van der Waals surface area (Å²) < 4.78 is 47.9. The lowest BCUT2D eigenvalue weighted by Crippen LogP contribution is -2.46. The van der Waals surface area contributed by atoms with Crippen molar-refractivity contribution in [1.29, 1.82) is 0 Å². The molecule has 0 radical (unpaired) electrons. The fourth-order valence-corrected chi connectivity index (χ4v) is 6.58. The molecule has 2 fully saturated rings. The molecular weight excluding hydrogens is 597 g/mol. The molecule has 2 aliphatic rings. The van der Waals surface area contributed by atoms with E-state index in [1.165, 1.54) is 17.4 Å². The Kier molecular flexibility index (Phi) is 7.93. The number of halogens is 3. The molecule has 1 amide bonds. The van der Waals surface area contributed by atoms with Crippen LogP contribution in [0.2, 0.25) is 0 Å². The molecule has 1 aliphatic carbocycles. The van der Waals surface area contributed by atoms with Gasteiger partial charge in [0, 0.05) is 35.4 Å². The molecule has 1 saturated carbocycles. The zero-order chi connectivity index (χ0) is 31.2. The zero-order valence-corrected chi connectivity index (χ0v) is 24.4. The predicted octanol–water partition coefficient (Wildman–Crippen LogP) is 5.69. The van der Waals surface area contributed by atoms with E-state index in [-0.39, 0.29) is 30.2 Å². The van der Waals surface area contributed by atoms with E-state index in [4.69, 9.17) is 4.74 Å². The smallest absolute Gasteiger partial charge is 0.434 e. The second kappa shape index (κ2) is 11.7. The number of nitrogens with zero attached hydrogens (tertiary/aromatic N) is 4. The number of aromatic nitrogens is 3. The minimum Gasteiger partial charge on any atom is -0.489 e. The fraction of sp³-hybridized carbons (Fsp3) is 0.355. The van der Waals surface area contributed by atoms with Crippen LogP contribution in [0.3, 0.4) is 0 Å². The van der Waals surface area contributed by atoms with Gasteiger partial charge in [0.05, 0.1) is 22.9 Å². The number of hydrogen-bond acceptors (Lipinski definition) is 7. The van der Waals surface area contributed by atoms with Gasteiger partial charge in [0.2, 0.25) is 5.91 Å². The van der Waals surface area contributed by atoms with E-state index in [0.717, 1.165) is 28.8 Å². The molecule has 1 aromatic carbocycles. The highest BCUT2D eigenvalue weighted by Crippen LogP contribution is 2.37. The Bertz CT molecular complexity index is 1700. The topological polar surface area (TPSA) is 118 Å². The van der Waals surface area contributed by atoms with Crippen molar-refractivity contribution in [3.05, 3.63) is 82.0 Å². The second-order valence-corrected chi connectivity index (χ2v) is 12.3. The summed E-state index contributed by atoms with van der Waals surface area (Å²) in [4.78, 5) is 31.6. The van der Waals surface area contributed by atoms with Crippen LogP contribution in [0, 0.1) is 12.8 Å². The van der Waals surface area contributed by atoms with Gasteiger partial charge in [-0.25, -0.2) is 14.5 Å². The summed E-state index contributed by atoms with van der Waals surface area (Å²) in [7, 11) is 0. The molecule has 2 atom stereocenters. The van der Waals surface area contributed by atoms with Gasteiger partial charge in [-0.3, -0.25) is 4.79 Å². The summed E-state index contributed by atoms with van der Waals surface area (Å²) >= 11 is 1.41. The van der Waals surface area contributed by atoms with Crippen molar-refractivity contribution in [3.8, 4) is 22.1 Å². The number of aryl methyl sites for hydroxylation is 1. The molecule has 230 valence electrons. The van der Waals surface area contributed by atoms with E-state index < -0.39 is 29.5 Å². The molecule has 1 saturated heterocycles. The second-order valence-electron chi connectivity index (χ2n) is 11.1. The van der Waals surface area contributed by atoms with Crippen LogP contribution in [-0.4, -0.2) is 60.9 Å². The van der Waals surface area contributed by atoms with E-state index >= 15 is 0 Å². The maximum Gasteiger partial charge on any atom is 0.434 e. The molecule has 4 aromatic rings. The molecule has 0 bridgehead atoms. The molecule has 0 unspecified atom stereocenters. The first-order valence-electron chi connectivity index (χ1n) is 14.1. The largest absolute Gasteiger partial charge is 0.489 e. The lowest BCUT2D eigenvalue weighted by molar-refractivity contribution is -0.143. The lowest BCUT2D eigenvalue weighted by atomic mass is 9.87. The Morgan fingerprint density at radius 3 is 2.52 bits per heavy atom. The summed E-state index contributed by atoms with van der Waals surface area (Å²) in [6.45, 7) is 3.05. The molecule has 13 heteroatoms. The highest BCUT2D eigenvalue weighted by atomic mass is 32.1. The van der Waals surface area contributed by atoms with E-state index in [2.05, 4.69) is 10.1 Å². The number of alkyl halides is 3. The van der Waals surface area contributed by atoms with Crippen molar-refractivity contribution in [2.75, 3.05) is 13.1 Å². The number of pyridine rings is 1. The van der Waals surface area contributed by atoms with Crippen LogP contribution >= 0.6 is 11.3 Å². The van der Waals surface area contributed by atoms with Gasteiger partial charge in [-0.1, -0.05) is 18.2 Å². The number of benzene rings is 1. The van der Waals surface area contributed by atoms with Gasteiger partial charge in [0.15, 0.2) is 11.5 Å². The molecule has 3 aromatic heterocycles. The predicted molar refractivity (Wildman–Crippen MR) is 155 cm³/mol. The SMILES string of the molecule is Cc1cc(COc2ccc([C@@H]3CCN(C(=O)C4CC4)C[C@H]3O)cc2)c(-c2cccc(-n3ncc(C(=O)O)c3C(F)(F)F)n2)s1. The van der Waals surface area contributed by atoms with Crippen LogP contribution in [0.1, 0.15) is 57.2 Å². The molecule has 2 N–H and O–H groups in total. The number of β-amino-alcohol motifs (C(OH)–C–C–N with tert-alkyl or cyclic N) is 1. The van der Waals surface area contributed by atoms with Gasteiger partial charge in [0.25, 0.3) is 0 Å². The zero-order valence-electron chi connectivity index (χ0n) is 23.6. The maximum absolute atomic E-state index is 13.8. The van der Waals surface area contributed by atoms with E-state index in [0.29, 0.717) is 46.7 Å². The Morgan fingerprint density at radius 1 is 1.11 bits per heavy atom. The van der Waals surface area contributed by atoms with Gasteiger partial charge in [-0.2, -0.15) is 18.3 Å². The number of ether oxygens (including phenoxy) is 1. The van der Waals surface area contributed by atoms with E-state index in [1.807, 2.05) is 37.3 Å². The molecule has 9 nitrogen and oxygen atoms in total. The standard InChI is InChI=1S/C31H29F3N4O5S/c1-17-13-20(16-43-21-9-7-18(8-10-21)22-11-12-37(15-25(22)39)29(40)19-5-6-19)27(44-17)24-3-2-4-26(36-24)38-28(31(32,33)34)23(14-35-38)30(41)42/h2-4,7-10,13-14,19,22,25,39H,5-6,11-12,15-16H2,1H3,(H,41,42)/t22-,25+/m0/s1. The van der Waals surface area contributed by atoms with Gasteiger partial charge in [-0.15, -0.1) is 11.3 Å². The number of carboxylic acids is 1. The Hall–Kier alpha value is -4.23. The van der Waals surface area contributed by atoms with Crippen molar-refractivity contribution < 1.29 is 37.7 Å². The minimum absolute atomic E-state index is 0.0731. The van der Waals surface area contributed by atoms with Crippen molar-refractivity contribution in [1.82, 2.24) is 19.7 Å². The quantitative estimate of drug-likeness (QED) is 0.258. The van der Waals surface area contributed by atoms with Crippen LogP contribution in [0.5, 0.6) is 5.75 Å². The van der Waals surface area contributed by atoms with E-state index in [1.54, 1.807) is 17.0 Å². The number of amides is 1. The van der Waals surface area contributed by atoms with E-state index in [9.17, 15) is 33.0 Å². The molecule has 4 heterocycles. The van der Waals surface area contributed by atoms with Crippen LogP contribution in [0.25, 0.3) is 16.4 Å². The number of hydrogen-bond donors (Lipinski definition) is 2. The summed E-state index contributed by atoms with van der Waals surface area (Å²) in [5.41, 5.74) is -0.212. The first-order valence-corrected chi connectivity index (χ1v) is 15.0. The molecule has 6 rings (SSSR count). The normalized spacial score (nSPS) is 18.8. The number of aliphatic hydroxyl groups is 1. The average Bonchev–Trinajstić information content (AvgIpc) is 3.61. The molecule has 0 spiro atoms. The number of piperidine rings is 1. The maximum atomic E-state index is 13.8.